The SMILES string of the molecule is NC(=S)c1ncccc1S(=O)(=O)N1Cc2ccccc2C1. The van der Waals surface area contributed by atoms with Crippen molar-refractivity contribution in [3.63, 3.8) is 0 Å². The second-order valence-electron chi connectivity index (χ2n) is 4.76. The minimum Gasteiger partial charge on any atom is -0.388 e. The third kappa shape index (κ3) is 2.44. The van der Waals surface area contributed by atoms with E-state index in [1.54, 1.807) is 6.07 Å². The van der Waals surface area contributed by atoms with Crippen LogP contribution in [0, 0.1) is 0 Å². The molecule has 108 valence electrons. The van der Waals surface area contributed by atoms with Crippen LogP contribution in [0.4, 0.5) is 0 Å². The molecule has 0 saturated carbocycles. The fourth-order valence-electron chi connectivity index (χ4n) is 2.39. The molecule has 2 aromatic rings. The van der Waals surface area contributed by atoms with Crippen LogP contribution in [0.5, 0.6) is 0 Å². The molecule has 0 saturated heterocycles. The van der Waals surface area contributed by atoms with Crippen LogP contribution in [0.15, 0.2) is 47.5 Å². The summed E-state index contributed by atoms with van der Waals surface area (Å²) in [5, 5.41) is 0. The molecular weight excluding hydrogens is 306 g/mol. The summed E-state index contributed by atoms with van der Waals surface area (Å²) in [6.45, 7) is 0.703. The van der Waals surface area contributed by atoms with Gasteiger partial charge in [-0.2, -0.15) is 4.31 Å². The molecule has 1 aromatic heterocycles. The van der Waals surface area contributed by atoms with Crippen LogP contribution >= 0.6 is 12.2 Å². The van der Waals surface area contributed by atoms with Crippen molar-refractivity contribution in [1.29, 1.82) is 0 Å². The number of thiocarbonyl (C=S) groups is 1. The van der Waals surface area contributed by atoms with Crippen molar-refractivity contribution < 1.29 is 8.42 Å². The number of nitrogens with zero attached hydrogens (tertiary/aromatic N) is 2. The van der Waals surface area contributed by atoms with Gasteiger partial charge >= 0.3 is 0 Å². The molecule has 3 rings (SSSR count). The van der Waals surface area contributed by atoms with Crippen LogP contribution in [0.3, 0.4) is 0 Å². The summed E-state index contributed by atoms with van der Waals surface area (Å²) in [6.07, 6.45) is 1.48. The molecule has 0 atom stereocenters. The molecule has 21 heavy (non-hydrogen) atoms. The van der Waals surface area contributed by atoms with Crippen LogP contribution in [-0.2, 0) is 23.1 Å². The number of hydrogen-bond donors (Lipinski definition) is 1. The normalized spacial score (nSPS) is 14.9. The molecule has 5 nitrogen and oxygen atoms in total. The van der Waals surface area contributed by atoms with Crippen molar-refractivity contribution in [2.45, 2.75) is 18.0 Å². The molecule has 0 bridgehead atoms. The second-order valence-corrected chi connectivity index (χ2v) is 7.10. The average molecular weight is 319 g/mol. The molecule has 0 aliphatic carbocycles. The van der Waals surface area contributed by atoms with E-state index in [0.717, 1.165) is 11.1 Å². The molecule has 0 fully saturated rings. The Morgan fingerprint density at radius 3 is 2.33 bits per heavy atom. The zero-order valence-corrected chi connectivity index (χ0v) is 12.7. The van der Waals surface area contributed by atoms with Crippen LogP contribution < -0.4 is 5.73 Å². The summed E-state index contributed by atoms with van der Waals surface area (Å²) < 4.78 is 27.0. The van der Waals surface area contributed by atoms with Crippen LogP contribution in [0.2, 0.25) is 0 Å². The Morgan fingerprint density at radius 1 is 1.14 bits per heavy atom. The first-order valence-corrected chi connectivity index (χ1v) is 8.17. The first-order valence-electron chi connectivity index (χ1n) is 6.32. The zero-order chi connectivity index (χ0) is 15.0. The van der Waals surface area contributed by atoms with Crippen molar-refractivity contribution in [1.82, 2.24) is 9.29 Å². The summed E-state index contributed by atoms with van der Waals surface area (Å²) in [6, 6.07) is 10.7. The molecule has 2 heterocycles. The quantitative estimate of drug-likeness (QED) is 0.866. The fourth-order valence-corrected chi connectivity index (χ4v) is 4.18. The maximum atomic E-state index is 12.8. The smallest absolute Gasteiger partial charge is 0.245 e. The lowest BCUT2D eigenvalue weighted by molar-refractivity contribution is 0.431. The van der Waals surface area contributed by atoms with Crippen molar-refractivity contribution in [2.75, 3.05) is 0 Å². The summed E-state index contributed by atoms with van der Waals surface area (Å²) in [7, 11) is -3.68. The van der Waals surface area contributed by atoms with E-state index in [2.05, 4.69) is 4.98 Å². The van der Waals surface area contributed by atoms with E-state index >= 15 is 0 Å². The van der Waals surface area contributed by atoms with E-state index in [0.29, 0.717) is 13.1 Å². The largest absolute Gasteiger partial charge is 0.388 e. The van der Waals surface area contributed by atoms with Gasteiger partial charge in [-0.15, -0.1) is 0 Å². The Hall–Kier alpha value is -1.83. The fraction of sp³-hybridized carbons (Fsp3) is 0.143. The van der Waals surface area contributed by atoms with Crippen molar-refractivity contribution in [3.05, 3.63) is 59.4 Å². The van der Waals surface area contributed by atoms with Gasteiger partial charge in [-0.05, 0) is 23.3 Å². The molecule has 0 spiro atoms. The molecule has 0 unspecified atom stereocenters. The Kier molecular flexibility index (Phi) is 3.48. The highest BCUT2D eigenvalue weighted by molar-refractivity contribution is 7.89. The van der Waals surface area contributed by atoms with E-state index in [1.165, 1.54) is 16.6 Å². The number of pyridine rings is 1. The lowest BCUT2D eigenvalue weighted by Gasteiger charge is -2.17. The molecule has 1 aromatic carbocycles. The first-order chi connectivity index (χ1) is 10.00. The average Bonchev–Trinajstić information content (AvgIpc) is 2.92. The van der Waals surface area contributed by atoms with Gasteiger partial charge in [-0.25, -0.2) is 8.42 Å². The van der Waals surface area contributed by atoms with E-state index in [9.17, 15) is 8.42 Å². The van der Waals surface area contributed by atoms with Gasteiger partial charge in [0, 0.05) is 19.3 Å². The Morgan fingerprint density at radius 2 is 1.76 bits per heavy atom. The number of hydrogen-bond acceptors (Lipinski definition) is 4. The summed E-state index contributed by atoms with van der Waals surface area (Å²) in [5.41, 5.74) is 7.75. The Balaban J connectivity index is 2.02. The topological polar surface area (TPSA) is 76.3 Å². The van der Waals surface area contributed by atoms with Gasteiger partial charge in [0.1, 0.15) is 15.6 Å². The number of aromatic nitrogens is 1. The van der Waals surface area contributed by atoms with Gasteiger partial charge in [0.25, 0.3) is 0 Å². The highest BCUT2D eigenvalue weighted by atomic mass is 32.2. The third-order valence-corrected chi connectivity index (χ3v) is 5.45. The third-order valence-electron chi connectivity index (χ3n) is 3.43. The van der Waals surface area contributed by atoms with Crippen molar-refractivity contribution in [2.24, 2.45) is 5.73 Å². The molecule has 0 amide bonds. The maximum absolute atomic E-state index is 12.8. The molecular formula is C14H13N3O2S2. The van der Waals surface area contributed by atoms with Crippen molar-refractivity contribution >= 4 is 27.2 Å². The number of nitrogens with two attached hydrogens (primary N) is 1. The van der Waals surface area contributed by atoms with E-state index < -0.39 is 10.0 Å². The maximum Gasteiger partial charge on any atom is 0.245 e. The van der Waals surface area contributed by atoms with E-state index in [4.69, 9.17) is 18.0 Å². The standard InChI is InChI=1S/C14H13N3O2S2/c15-14(20)13-12(6-3-7-16-13)21(18,19)17-8-10-4-1-2-5-11(10)9-17/h1-7H,8-9H2,(H2,15,20). The number of fused-ring (bicyclic) bond motifs is 1. The van der Waals surface area contributed by atoms with Crippen LogP contribution in [-0.4, -0.2) is 22.7 Å². The molecule has 2 N–H and O–H groups in total. The highest BCUT2D eigenvalue weighted by Crippen LogP contribution is 2.29. The van der Waals surface area contributed by atoms with Gasteiger partial charge < -0.3 is 5.73 Å². The number of rotatable bonds is 3. The Bertz CT molecular complexity index is 793. The molecule has 7 heteroatoms. The Labute approximate surface area is 128 Å². The first kappa shape index (κ1) is 14.1. The minimum absolute atomic E-state index is 0.0223. The number of sulfonamides is 1. The van der Waals surface area contributed by atoms with Gasteiger partial charge in [-0.1, -0.05) is 36.5 Å². The lowest BCUT2D eigenvalue weighted by atomic mass is 10.1. The predicted octanol–water partition coefficient (Wildman–Crippen LogP) is 1.42. The second kappa shape index (κ2) is 5.18. The van der Waals surface area contributed by atoms with Gasteiger partial charge in [-0.3, -0.25) is 4.98 Å². The van der Waals surface area contributed by atoms with Crippen LogP contribution in [0.25, 0.3) is 0 Å². The van der Waals surface area contributed by atoms with Gasteiger partial charge in [0.15, 0.2) is 0 Å². The van der Waals surface area contributed by atoms with Gasteiger partial charge in [0.05, 0.1) is 0 Å². The number of benzene rings is 1. The molecule has 1 aliphatic rings. The van der Waals surface area contributed by atoms with E-state index in [-0.39, 0.29) is 15.6 Å². The lowest BCUT2D eigenvalue weighted by Crippen LogP contribution is -2.28. The minimum atomic E-state index is -3.68. The van der Waals surface area contributed by atoms with E-state index in [1.807, 2.05) is 24.3 Å². The van der Waals surface area contributed by atoms with Gasteiger partial charge in [0.2, 0.25) is 10.0 Å². The van der Waals surface area contributed by atoms with Crippen LogP contribution in [0.1, 0.15) is 16.8 Å². The highest BCUT2D eigenvalue weighted by Gasteiger charge is 2.32. The summed E-state index contributed by atoms with van der Waals surface area (Å²) >= 11 is 4.89. The zero-order valence-electron chi connectivity index (χ0n) is 11.1. The molecule has 0 radical (unpaired) electrons. The summed E-state index contributed by atoms with van der Waals surface area (Å²) in [5.74, 6) is 0. The predicted molar refractivity (Wildman–Crippen MR) is 83.0 cm³/mol. The molecule has 1 aliphatic heterocycles. The van der Waals surface area contributed by atoms with Crippen molar-refractivity contribution in [3.8, 4) is 0 Å². The summed E-state index contributed by atoms with van der Waals surface area (Å²) in [4.78, 5) is 4.03. The monoisotopic (exact) mass is 319 g/mol.